The summed E-state index contributed by atoms with van der Waals surface area (Å²) in [4.78, 5) is 0.134. The second kappa shape index (κ2) is 8.37. The maximum atomic E-state index is 12.7. The first-order valence-electron chi connectivity index (χ1n) is 8.85. The molecule has 146 valence electrons. The van der Waals surface area contributed by atoms with Crippen molar-refractivity contribution in [3.63, 3.8) is 0 Å². The summed E-state index contributed by atoms with van der Waals surface area (Å²) in [7, 11) is -3.91. The molecule has 0 amide bonds. The fourth-order valence-electron chi connectivity index (χ4n) is 2.84. The van der Waals surface area contributed by atoms with Crippen molar-refractivity contribution in [2.45, 2.75) is 32.2 Å². The van der Waals surface area contributed by atoms with Crippen LogP contribution >= 0.6 is 15.9 Å². The second-order valence-corrected chi connectivity index (χ2v) is 9.24. The van der Waals surface area contributed by atoms with Gasteiger partial charge in [0.2, 0.25) is 0 Å². The van der Waals surface area contributed by atoms with Crippen LogP contribution in [0.3, 0.4) is 0 Å². The van der Waals surface area contributed by atoms with E-state index in [2.05, 4.69) is 27.3 Å². The van der Waals surface area contributed by atoms with Crippen LogP contribution in [0.5, 0.6) is 5.75 Å². The first kappa shape index (κ1) is 20.4. The van der Waals surface area contributed by atoms with Crippen LogP contribution < -0.4 is 9.50 Å². The molecular formula is C22H22BrNO3S. The van der Waals surface area contributed by atoms with Gasteiger partial charge in [-0.25, -0.2) is 0 Å². The highest BCUT2D eigenvalue weighted by molar-refractivity contribution is 9.10. The van der Waals surface area contributed by atoms with Crippen LogP contribution in [0.1, 0.15) is 22.3 Å². The Morgan fingerprint density at radius 1 is 0.893 bits per heavy atom. The average Bonchev–Trinajstić information content (AvgIpc) is 2.63. The number of hydrogen-bond donors (Lipinski definition) is 1. The molecule has 0 aromatic heterocycles. The Hall–Kier alpha value is -2.31. The zero-order valence-corrected chi connectivity index (χ0v) is 18.4. The standard InChI is InChI=1S/C22H22BrNO3S/c1-15-4-8-20(9-5-15)28(25,26)27-22-11-7-19(23)13-18(22)14-24-21-10-6-16(2)12-17(21)3/h4-13,24H,14H2,1-3H3. The molecule has 3 aromatic carbocycles. The van der Waals surface area contributed by atoms with Gasteiger partial charge in [0.15, 0.2) is 0 Å². The van der Waals surface area contributed by atoms with E-state index in [4.69, 9.17) is 4.18 Å². The molecule has 6 heteroatoms. The van der Waals surface area contributed by atoms with Gasteiger partial charge in [0, 0.05) is 22.3 Å². The summed E-state index contributed by atoms with van der Waals surface area (Å²) in [6, 6.07) is 18.0. The predicted molar refractivity (Wildman–Crippen MR) is 116 cm³/mol. The molecule has 0 spiro atoms. The number of halogens is 1. The summed E-state index contributed by atoms with van der Waals surface area (Å²) in [5.74, 6) is 0.307. The van der Waals surface area contributed by atoms with E-state index in [1.54, 1.807) is 36.4 Å². The monoisotopic (exact) mass is 459 g/mol. The number of rotatable bonds is 6. The van der Waals surface area contributed by atoms with Crippen LogP contribution in [-0.4, -0.2) is 8.42 Å². The Morgan fingerprint density at radius 3 is 2.25 bits per heavy atom. The van der Waals surface area contributed by atoms with Crippen LogP contribution in [0.15, 0.2) is 70.0 Å². The van der Waals surface area contributed by atoms with Crippen molar-refractivity contribution in [2.75, 3.05) is 5.32 Å². The van der Waals surface area contributed by atoms with Gasteiger partial charge >= 0.3 is 10.1 Å². The van der Waals surface area contributed by atoms with E-state index in [0.717, 1.165) is 26.9 Å². The lowest BCUT2D eigenvalue weighted by atomic mass is 10.1. The Labute approximate surface area is 174 Å². The predicted octanol–water partition coefficient (Wildman–Crippen LogP) is 5.75. The largest absolute Gasteiger partial charge is 0.381 e. The summed E-state index contributed by atoms with van der Waals surface area (Å²) in [6.45, 7) is 6.42. The van der Waals surface area contributed by atoms with E-state index in [-0.39, 0.29) is 4.90 Å². The molecule has 0 atom stereocenters. The molecule has 4 nitrogen and oxygen atoms in total. The molecule has 0 heterocycles. The third kappa shape index (κ3) is 4.94. The summed E-state index contributed by atoms with van der Waals surface area (Å²) in [6.07, 6.45) is 0. The lowest BCUT2D eigenvalue weighted by Gasteiger charge is -2.15. The maximum absolute atomic E-state index is 12.7. The van der Waals surface area contributed by atoms with Crippen molar-refractivity contribution in [2.24, 2.45) is 0 Å². The van der Waals surface area contributed by atoms with Crippen molar-refractivity contribution in [1.29, 1.82) is 0 Å². The van der Waals surface area contributed by atoms with Crippen molar-refractivity contribution in [3.8, 4) is 5.75 Å². The molecular weight excluding hydrogens is 438 g/mol. The Balaban J connectivity index is 1.85. The SMILES string of the molecule is Cc1ccc(S(=O)(=O)Oc2ccc(Br)cc2CNc2ccc(C)cc2C)cc1. The van der Waals surface area contributed by atoms with Crippen LogP contribution in [-0.2, 0) is 16.7 Å². The van der Waals surface area contributed by atoms with E-state index < -0.39 is 10.1 Å². The normalized spacial score (nSPS) is 11.3. The van der Waals surface area contributed by atoms with E-state index in [0.29, 0.717) is 12.3 Å². The van der Waals surface area contributed by atoms with Gasteiger partial charge in [-0.3, -0.25) is 0 Å². The van der Waals surface area contributed by atoms with Gasteiger partial charge in [0.25, 0.3) is 0 Å². The molecule has 0 bridgehead atoms. The first-order valence-corrected chi connectivity index (χ1v) is 11.1. The van der Waals surface area contributed by atoms with Crippen molar-refractivity contribution in [3.05, 3.63) is 87.4 Å². The fourth-order valence-corrected chi connectivity index (χ4v) is 4.21. The van der Waals surface area contributed by atoms with Gasteiger partial charge in [-0.05, 0) is 62.7 Å². The first-order chi connectivity index (χ1) is 13.2. The van der Waals surface area contributed by atoms with Gasteiger partial charge in [-0.15, -0.1) is 0 Å². The number of aryl methyl sites for hydroxylation is 3. The van der Waals surface area contributed by atoms with Crippen molar-refractivity contribution in [1.82, 2.24) is 0 Å². The third-order valence-corrected chi connectivity index (χ3v) is 6.12. The number of benzene rings is 3. The van der Waals surface area contributed by atoms with E-state index in [9.17, 15) is 8.42 Å². The van der Waals surface area contributed by atoms with Crippen LogP contribution in [0.25, 0.3) is 0 Å². The van der Waals surface area contributed by atoms with Gasteiger partial charge in [0.1, 0.15) is 10.6 Å². The maximum Gasteiger partial charge on any atom is 0.339 e. The fraction of sp³-hybridized carbons (Fsp3) is 0.182. The highest BCUT2D eigenvalue weighted by Crippen LogP contribution is 2.28. The average molecular weight is 460 g/mol. The Morgan fingerprint density at radius 2 is 1.57 bits per heavy atom. The smallest absolute Gasteiger partial charge is 0.339 e. The minimum Gasteiger partial charge on any atom is -0.381 e. The van der Waals surface area contributed by atoms with E-state index in [1.807, 2.05) is 39.0 Å². The molecule has 0 aliphatic carbocycles. The van der Waals surface area contributed by atoms with Crippen LogP contribution in [0.4, 0.5) is 5.69 Å². The molecule has 28 heavy (non-hydrogen) atoms. The molecule has 3 rings (SSSR count). The van der Waals surface area contributed by atoms with E-state index >= 15 is 0 Å². The number of hydrogen-bond acceptors (Lipinski definition) is 4. The molecule has 0 saturated carbocycles. The highest BCUT2D eigenvalue weighted by atomic mass is 79.9. The lowest BCUT2D eigenvalue weighted by Crippen LogP contribution is -2.12. The van der Waals surface area contributed by atoms with Crippen molar-refractivity contribution >= 4 is 31.7 Å². The Bertz CT molecular complexity index is 1090. The number of nitrogens with one attached hydrogen (secondary N) is 1. The van der Waals surface area contributed by atoms with Gasteiger partial charge < -0.3 is 9.50 Å². The third-order valence-electron chi connectivity index (χ3n) is 4.38. The summed E-state index contributed by atoms with van der Waals surface area (Å²) >= 11 is 3.45. The molecule has 0 unspecified atom stereocenters. The zero-order valence-electron chi connectivity index (χ0n) is 16.0. The molecule has 0 saturated heterocycles. The zero-order chi connectivity index (χ0) is 20.3. The van der Waals surface area contributed by atoms with Crippen LogP contribution in [0.2, 0.25) is 0 Å². The van der Waals surface area contributed by atoms with Gasteiger partial charge in [-0.2, -0.15) is 8.42 Å². The molecule has 3 aromatic rings. The minimum absolute atomic E-state index is 0.134. The van der Waals surface area contributed by atoms with E-state index in [1.165, 1.54) is 5.56 Å². The molecule has 0 aliphatic rings. The Kier molecular flexibility index (Phi) is 6.10. The summed E-state index contributed by atoms with van der Waals surface area (Å²) in [5, 5.41) is 3.36. The molecule has 0 fully saturated rings. The minimum atomic E-state index is -3.91. The quantitative estimate of drug-likeness (QED) is 0.476. The van der Waals surface area contributed by atoms with Crippen molar-refractivity contribution < 1.29 is 12.6 Å². The summed E-state index contributed by atoms with van der Waals surface area (Å²) < 4.78 is 31.6. The number of anilines is 1. The highest BCUT2D eigenvalue weighted by Gasteiger charge is 2.18. The molecule has 1 N–H and O–H groups in total. The molecule has 0 radical (unpaired) electrons. The van der Waals surface area contributed by atoms with Gasteiger partial charge in [-0.1, -0.05) is 51.3 Å². The second-order valence-electron chi connectivity index (χ2n) is 6.77. The van der Waals surface area contributed by atoms with Crippen LogP contribution in [0, 0.1) is 20.8 Å². The topological polar surface area (TPSA) is 55.4 Å². The molecule has 0 aliphatic heterocycles. The lowest BCUT2D eigenvalue weighted by molar-refractivity contribution is 0.483. The van der Waals surface area contributed by atoms with Gasteiger partial charge in [0.05, 0.1) is 0 Å². The summed E-state index contributed by atoms with van der Waals surface area (Å²) in [5.41, 5.74) is 5.05.